The van der Waals surface area contributed by atoms with E-state index in [-0.39, 0.29) is 18.3 Å². The molecule has 90 valence electrons. The Kier molecular flexibility index (Phi) is 4.60. The second-order valence-corrected chi connectivity index (χ2v) is 5.77. The first kappa shape index (κ1) is 13.0. The van der Waals surface area contributed by atoms with Crippen LogP contribution in [0.25, 0.3) is 0 Å². The van der Waals surface area contributed by atoms with Crippen LogP contribution in [-0.2, 0) is 4.74 Å². The molecule has 0 saturated heterocycles. The molecule has 2 nitrogen and oxygen atoms in total. The molecule has 15 heavy (non-hydrogen) atoms. The smallest absolute Gasteiger partial charge is 0.0859 e. The van der Waals surface area contributed by atoms with Crippen LogP contribution in [0.1, 0.15) is 53.4 Å². The summed E-state index contributed by atoms with van der Waals surface area (Å²) < 4.78 is 5.92. The molecule has 1 aliphatic carbocycles. The Morgan fingerprint density at radius 2 is 2.07 bits per heavy atom. The lowest BCUT2D eigenvalue weighted by Gasteiger charge is -2.35. The van der Waals surface area contributed by atoms with Gasteiger partial charge in [-0.05, 0) is 45.4 Å². The van der Waals surface area contributed by atoms with Gasteiger partial charge in [0.1, 0.15) is 0 Å². The van der Waals surface area contributed by atoms with Crippen molar-refractivity contribution in [3.8, 4) is 0 Å². The Bertz CT molecular complexity index is 189. The van der Waals surface area contributed by atoms with E-state index in [1.54, 1.807) is 0 Å². The van der Waals surface area contributed by atoms with E-state index in [2.05, 4.69) is 13.8 Å². The second kappa shape index (κ2) is 5.31. The van der Waals surface area contributed by atoms with Crippen molar-refractivity contribution in [2.24, 2.45) is 11.8 Å². The summed E-state index contributed by atoms with van der Waals surface area (Å²) in [5, 5.41) is 9.17. The molecule has 1 aliphatic rings. The molecule has 0 aromatic rings. The van der Waals surface area contributed by atoms with Crippen LogP contribution in [0.15, 0.2) is 0 Å². The quantitative estimate of drug-likeness (QED) is 0.779. The molecular formula is C13H26O2. The molecule has 0 radical (unpaired) electrons. The molecule has 1 N–H and O–H groups in total. The number of hydrogen-bond donors (Lipinski definition) is 1. The van der Waals surface area contributed by atoms with Gasteiger partial charge in [-0.1, -0.05) is 19.8 Å². The van der Waals surface area contributed by atoms with E-state index < -0.39 is 0 Å². The third-order valence-corrected chi connectivity index (χ3v) is 3.53. The van der Waals surface area contributed by atoms with Gasteiger partial charge >= 0.3 is 0 Å². The van der Waals surface area contributed by atoms with Gasteiger partial charge in [0.2, 0.25) is 0 Å². The van der Waals surface area contributed by atoms with Gasteiger partial charge in [0.05, 0.1) is 18.3 Å². The lowest BCUT2D eigenvalue weighted by molar-refractivity contribution is -0.116. The standard InChI is InChI=1S/C13H26O2/c1-10-6-5-7-12(8-10)11(2)15-13(3,4)9-14/h10-12,14H,5-9H2,1-4H3. The summed E-state index contributed by atoms with van der Waals surface area (Å²) >= 11 is 0. The third kappa shape index (κ3) is 4.12. The fourth-order valence-corrected chi connectivity index (χ4v) is 2.54. The summed E-state index contributed by atoms with van der Waals surface area (Å²) in [6, 6.07) is 0. The molecular weight excluding hydrogens is 188 g/mol. The molecule has 3 unspecified atom stereocenters. The highest BCUT2D eigenvalue weighted by atomic mass is 16.5. The van der Waals surface area contributed by atoms with Crippen molar-refractivity contribution in [1.29, 1.82) is 0 Å². The van der Waals surface area contributed by atoms with Gasteiger partial charge in [0.25, 0.3) is 0 Å². The van der Waals surface area contributed by atoms with Gasteiger partial charge in [0, 0.05) is 0 Å². The predicted molar refractivity (Wildman–Crippen MR) is 62.8 cm³/mol. The minimum atomic E-state index is -0.389. The van der Waals surface area contributed by atoms with E-state index >= 15 is 0 Å². The fourth-order valence-electron chi connectivity index (χ4n) is 2.54. The van der Waals surface area contributed by atoms with Crippen LogP contribution in [0.5, 0.6) is 0 Å². The molecule has 0 spiro atoms. The van der Waals surface area contributed by atoms with Crippen LogP contribution in [0.3, 0.4) is 0 Å². The molecule has 1 saturated carbocycles. The van der Waals surface area contributed by atoms with Crippen molar-refractivity contribution in [2.45, 2.75) is 65.1 Å². The third-order valence-electron chi connectivity index (χ3n) is 3.53. The summed E-state index contributed by atoms with van der Waals surface area (Å²) in [5.41, 5.74) is -0.389. The normalized spacial score (nSPS) is 30.2. The van der Waals surface area contributed by atoms with Crippen molar-refractivity contribution >= 4 is 0 Å². The highest BCUT2D eigenvalue weighted by molar-refractivity contribution is 4.78. The minimum absolute atomic E-state index is 0.0968. The first-order valence-electron chi connectivity index (χ1n) is 6.23. The monoisotopic (exact) mass is 214 g/mol. The average Bonchev–Trinajstić information content (AvgIpc) is 2.17. The summed E-state index contributed by atoms with van der Waals surface area (Å²) in [7, 11) is 0. The number of aliphatic hydroxyl groups excluding tert-OH is 1. The van der Waals surface area contributed by atoms with Crippen molar-refractivity contribution in [1.82, 2.24) is 0 Å². The minimum Gasteiger partial charge on any atom is -0.393 e. The summed E-state index contributed by atoms with van der Waals surface area (Å²) in [5.74, 6) is 1.52. The highest BCUT2D eigenvalue weighted by Gasteiger charge is 2.28. The molecule has 0 amide bonds. The number of hydrogen-bond acceptors (Lipinski definition) is 2. The van der Waals surface area contributed by atoms with E-state index in [9.17, 15) is 0 Å². The van der Waals surface area contributed by atoms with Crippen molar-refractivity contribution in [3.63, 3.8) is 0 Å². The van der Waals surface area contributed by atoms with Crippen molar-refractivity contribution in [3.05, 3.63) is 0 Å². The van der Waals surface area contributed by atoms with Gasteiger partial charge in [-0.2, -0.15) is 0 Å². The van der Waals surface area contributed by atoms with Gasteiger partial charge in [-0.25, -0.2) is 0 Å². The van der Waals surface area contributed by atoms with Crippen LogP contribution in [0.2, 0.25) is 0 Å². The molecule has 2 heteroatoms. The Labute approximate surface area is 94.0 Å². The first-order chi connectivity index (χ1) is 6.94. The highest BCUT2D eigenvalue weighted by Crippen LogP contribution is 2.33. The van der Waals surface area contributed by atoms with Gasteiger partial charge in [-0.3, -0.25) is 0 Å². The molecule has 0 aromatic carbocycles. The zero-order valence-electron chi connectivity index (χ0n) is 10.6. The summed E-state index contributed by atoms with van der Waals surface area (Å²) in [6.45, 7) is 8.49. The fraction of sp³-hybridized carbons (Fsp3) is 1.00. The van der Waals surface area contributed by atoms with Crippen molar-refractivity contribution in [2.75, 3.05) is 6.61 Å². The topological polar surface area (TPSA) is 29.5 Å². The maximum atomic E-state index is 9.17. The van der Waals surface area contributed by atoms with Crippen LogP contribution in [0.4, 0.5) is 0 Å². The SMILES string of the molecule is CC1CCCC(C(C)OC(C)(C)CO)C1. The van der Waals surface area contributed by atoms with Gasteiger partial charge in [-0.15, -0.1) is 0 Å². The molecule has 0 heterocycles. The molecule has 0 bridgehead atoms. The largest absolute Gasteiger partial charge is 0.393 e. The van der Waals surface area contributed by atoms with Crippen LogP contribution in [-0.4, -0.2) is 23.4 Å². The molecule has 1 fully saturated rings. The first-order valence-corrected chi connectivity index (χ1v) is 6.23. The van der Waals surface area contributed by atoms with E-state index in [1.807, 2.05) is 13.8 Å². The van der Waals surface area contributed by atoms with Gasteiger partial charge in [0.15, 0.2) is 0 Å². The zero-order valence-corrected chi connectivity index (χ0v) is 10.6. The Hall–Kier alpha value is -0.0800. The number of rotatable bonds is 4. The molecule has 0 aromatic heterocycles. The lowest BCUT2D eigenvalue weighted by atomic mass is 9.80. The Morgan fingerprint density at radius 1 is 1.40 bits per heavy atom. The molecule has 0 aliphatic heterocycles. The van der Waals surface area contributed by atoms with E-state index in [0.717, 1.165) is 5.92 Å². The lowest BCUT2D eigenvalue weighted by Crippen LogP contribution is -2.37. The molecule has 1 rings (SSSR count). The van der Waals surface area contributed by atoms with Crippen molar-refractivity contribution < 1.29 is 9.84 Å². The second-order valence-electron chi connectivity index (χ2n) is 5.77. The van der Waals surface area contributed by atoms with E-state index in [1.165, 1.54) is 25.7 Å². The van der Waals surface area contributed by atoms with Crippen LogP contribution < -0.4 is 0 Å². The van der Waals surface area contributed by atoms with E-state index in [4.69, 9.17) is 9.84 Å². The van der Waals surface area contributed by atoms with Gasteiger partial charge < -0.3 is 9.84 Å². The Balaban J connectivity index is 2.42. The van der Waals surface area contributed by atoms with Crippen LogP contribution in [0, 0.1) is 11.8 Å². The summed E-state index contributed by atoms with van der Waals surface area (Å²) in [6.07, 6.45) is 5.54. The number of ether oxygens (including phenoxy) is 1. The maximum Gasteiger partial charge on any atom is 0.0859 e. The van der Waals surface area contributed by atoms with E-state index in [0.29, 0.717) is 5.92 Å². The van der Waals surface area contributed by atoms with Crippen LogP contribution >= 0.6 is 0 Å². The average molecular weight is 214 g/mol. The molecule has 3 atom stereocenters. The number of aliphatic hydroxyl groups is 1. The summed E-state index contributed by atoms with van der Waals surface area (Å²) in [4.78, 5) is 0. The Morgan fingerprint density at radius 3 is 2.60 bits per heavy atom. The zero-order chi connectivity index (χ0) is 11.5. The predicted octanol–water partition coefficient (Wildman–Crippen LogP) is 2.99. The maximum absolute atomic E-state index is 9.17.